The largest absolute Gasteiger partial charge is 0.468 e. The monoisotopic (exact) mass is 490 g/mol. The predicted molar refractivity (Wildman–Crippen MR) is 147 cm³/mol. The van der Waals surface area contributed by atoms with Crippen molar-refractivity contribution >= 4 is 16.9 Å². The number of fused-ring (bicyclic) bond motifs is 1. The first kappa shape index (κ1) is 24.3. The smallest absolute Gasteiger partial charge is 0.258 e. The lowest BCUT2D eigenvalue weighted by Crippen LogP contribution is -2.36. The highest BCUT2D eigenvalue weighted by atomic mass is 16.5. The molecule has 0 unspecified atom stereocenters. The van der Waals surface area contributed by atoms with Crippen LogP contribution in [0.15, 0.2) is 97.1 Å². The highest BCUT2D eigenvalue weighted by molar-refractivity contribution is 5.95. The minimum Gasteiger partial charge on any atom is -0.468 e. The van der Waals surface area contributed by atoms with Crippen LogP contribution in [0.1, 0.15) is 24.5 Å². The van der Waals surface area contributed by atoms with Crippen molar-refractivity contribution in [2.45, 2.75) is 32.7 Å². The van der Waals surface area contributed by atoms with Crippen LogP contribution in [0.25, 0.3) is 28.0 Å². The Hall–Kier alpha value is -4.45. The number of amides is 1. The number of nitrogens with zero attached hydrogens (tertiary/aromatic N) is 3. The van der Waals surface area contributed by atoms with Gasteiger partial charge in [0.2, 0.25) is 5.88 Å². The molecule has 0 bridgehead atoms. The summed E-state index contributed by atoms with van der Waals surface area (Å²) in [5.41, 5.74) is 5.72. The number of carbonyl (C=O) groups excluding carboxylic acids is 1. The molecule has 186 valence electrons. The fourth-order valence-corrected chi connectivity index (χ4v) is 4.45. The van der Waals surface area contributed by atoms with Crippen LogP contribution in [0.3, 0.4) is 0 Å². The van der Waals surface area contributed by atoms with Crippen molar-refractivity contribution in [3.63, 3.8) is 0 Å². The molecule has 0 saturated heterocycles. The number of hydrogen-bond donors (Lipinski definition) is 1. The first-order valence-corrected chi connectivity index (χ1v) is 12.6. The average molecular weight is 491 g/mol. The van der Waals surface area contributed by atoms with Gasteiger partial charge in [-0.15, -0.1) is 0 Å². The number of carbonyl (C=O) groups is 1. The molecule has 0 spiro atoms. The molecule has 1 amide bonds. The zero-order chi connectivity index (χ0) is 25.6. The van der Waals surface area contributed by atoms with Crippen molar-refractivity contribution in [2.75, 3.05) is 6.61 Å². The number of para-hydroxylation sites is 1. The lowest BCUT2D eigenvalue weighted by Gasteiger charge is -2.14. The van der Waals surface area contributed by atoms with E-state index < -0.39 is 0 Å². The molecule has 0 fully saturated rings. The molecule has 37 heavy (non-hydrogen) atoms. The van der Waals surface area contributed by atoms with E-state index in [2.05, 4.69) is 17.4 Å². The van der Waals surface area contributed by atoms with Crippen molar-refractivity contribution in [3.05, 3.63) is 108 Å². The second kappa shape index (κ2) is 11.1. The van der Waals surface area contributed by atoms with Crippen LogP contribution in [0.4, 0.5) is 0 Å². The Bertz CT molecular complexity index is 1480. The number of ether oxygens (including phenoxy) is 1. The van der Waals surface area contributed by atoms with E-state index >= 15 is 0 Å². The van der Waals surface area contributed by atoms with Gasteiger partial charge in [0.25, 0.3) is 5.91 Å². The number of benzene rings is 3. The van der Waals surface area contributed by atoms with Crippen molar-refractivity contribution in [3.8, 4) is 22.8 Å². The standard InChI is InChI=1S/C31H30N4O2/c1-22-20-28(37-21-27(36)32-23(2)18-19-24-12-6-3-7-13-24)33-31-29(22)30(25-14-8-4-9-15-25)34-35(31)26-16-10-5-11-17-26/h3-17,20,23H,18-19,21H2,1-2H3,(H,32,36)/t23-/m1/s1. The van der Waals surface area contributed by atoms with Crippen molar-refractivity contribution < 1.29 is 9.53 Å². The van der Waals surface area contributed by atoms with Gasteiger partial charge in [-0.25, -0.2) is 4.68 Å². The van der Waals surface area contributed by atoms with E-state index in [1.165, 1.54) is 5.56 Å². The molecule has 0 aliphatic rings. The third-order valence-electron chi connectivity index (χ3n) is 6.33. The van der Waals surface area contributed by atoms with E-state index in [0.717, 1.165) is 40.7 Å². The number of rotatable bonds is 9. The Morgan fingerprint density at radius 1 is 0.946 bits per heavy atom. The van der Waals surface area contributed by atoms with Crippen LogP contribution in [-0.2, 0) is 11.2 Å². The van der Waals surface area contributed by atoms with Gasteiger partial charge in [-0.2, -0.15) is 10.1 Å². The normalized spacial score (nSPS) is 11.8. The zero-order valence-corrected chi connectivity index (χ0v) is 21.1. The Kier molecular flexibility index (Phi) is 7.26. The van der Waals surface area contributed by atoms with Crippen LogP contribution in [0.2, 0.25) is 0 Å². The fourth-order valence-electron chi connectivity index (χ4n) is 4.45. The van der Waals surface area contributed by atoms with Gasteiger partial charge in [0.05, 0.1) is 11.1 Å². The second-order valence-electron chi connectivity index (χ2n) is 9.22. The van der Waals surface area contributed by atoms with Crippen LogP contribution in [0, 0.1) is 6.92 Å². The molecular weight excluding hydrogens is 460 g/mol. The number of aryl methyl sites for hydroxylation is 2. The maximum absolute atomic E-state index is 12.6. The number of nitrogens with one attached hydrogen (secondary N) is 1. The first-order valence-electron chi connectivity index (χ1n) is 12.6. The number of aromatic nitrogens is 3. The molecule has 6 nitrogen and oxygen atoms in total. The van der Waals surface area contributed by atoms with Gasteiger partial charge in [0, 0.05) is 17.7 Å². The van der Waals surface area contributed by atoms with E-state index in [4.69, 9.17) is 14.8 Å². The summed E-state index contributed by atoms with van der Waals surface area (Å²) in [6, 6.07) is 32.2. The molecule has 0 aliphatic carbocycles. The Morgan fingerprint density at radius 3 is 2.30 bits per heavy atom. The quantitative estimate of drug-likeness (QED) is 0.279. The zero-order valence-electron chi connectivity index (χ0n) is 21.1. The van der Waals surface area contributed by atoms with E-state index in [-0.39, 0.29) is 18.6 Å². The molecule has 5 aromatic rings. The third-order valence-corrected chi connectivity index (χ3v) is 6.33. The molecule has 0 radical (unpaired) electrons. The minimum absolute atomic E-state index is 0.0430. The summed E-state index contributed by atoms with van der Waals surface area (Å²) in [6.07, 6.45) is 1.77. The van der Waals surface area contributed by atoms with E-state index in [9.17, 15) is 4.79 Å². The number of pyridine rings is 1. The van der Waals surface area contributed by atoms with Gasteiger partial charge < -0.3 is 10.1 Å². The van der Waals surface area contributed by atoms with Gasteiger partial charge in [0.15, 0.2) is 12.3 Å². The van der Waals surface area contributed by atoms with Crippen molar-refractivity contribution in [1.82, 2.24) is 20.1 Å². The van der Waals surface area contributed by atoms with Gasteiger partial charge in [-0.05, 0) is 49.9 Å². The molecule has 5 rings (SSSR count). The molecule has 0 saturated carbocycles. The summed E-state index contributed by atoms with van der Waals surface area (Å²) < 4.78 is 7.70. The van der Waals surface area contributed by atoms with Crippen molar-refractivity contribution in [1.29, 1.82) is 0 Å². The third kappa shape index (κ3) is 5.70. The molecule has 6 heteroatoms. The van der Waals surface area contributed by atoms with Crippen LogP contribution in [-0.4, -0.2) is 33.3 Å². The predicted octanol–water partition coefficient (Wildman–Crippen LogP) is 5.91. The second-order valence-corrected chi connectivity index (χ2v) is 9.22. The number of hydrogen-bond acceptors (Lipinski definition) is 4. The van der Waals surface area contributed by atoms with E-state index in [0.29, 0.717) is 11.5 Å². The van der Waals surface area contributed by atoms with E-state index in [1.807, 2.05) is 103 Å². The fraction of sp³-hybridized carbons (Fsp3) is 0.194. The van der Waals surface area contributed by atoms with Gasteiger partial charge in [0.1, 0.15) is 5.69 Å². The summed E-state index contributed by atoms with van der Waals surface area (Å²) >= 11 is 0. The van der Waals surface area contributed by atoms with Crippen LogP contribution in [0.5, 0.6) is 5.88 Å². The topological polar surface area (TPSA) is 69.0 Å². The lowest BCUT2D eigenvalue weighted by atomic mass is 10.1. The maximum Gasteiger partial charge on any atom is 0.258 e. The lowest BCUT2D eigenvalue weighted by molar-refractivity contribution is -0.123. The molecule has 2 aromatic heterocycles. The summed E-state index contributed by atoms with van der Waals surface area (Å²) in [7, 11) is 0. The molecule has 0 aliphatic heterocycles. The van der Waals surface area contributed by atoms with Crippen LogP contribution < -0.4 is 10.1 Å². The Labute approximate surface area is 216 Å². The summed E-state index contributed by atoms with van der Waals surface area (Å²) in [5.74, 6) is 0.232. The molecule has 1 atom stereocenters. The van der Waals surface area contributed by atoms with Gasteiger partial charge in [-0.1, -0.05) is 78.9 Å². The van der Waals surface area contributed by atoms with Crippen molar-refractivity contribution in [2.24, 2.45) is 0 Å². The highest BCUT2D eigenvalue weighted by Gasteiger charge is 2.19. The summed E-state index contributed by atoms with van der Waals surface area (Å²) in [4.78, 5) is 17.4. The average Bonchev–Trinajstić information content (AvgIpc) is 3.32. The molecular formula is C31H30N4O2. The molecule has 2 heterocycles. The minimum atomic E-state index is -0.165. The molecule has 1 N–H and O–H groups in total. The van der Waals surface area contributed by atoms with Gasteiger partial charge in [-0.3, -0.25) is 4.79 Å². The van der Waals surface area contributed by atoms with Crippen LogP contribution >= 0.6 is 0 Å². The Morgan fingerprint density at radius 2 is 1.59 bits per heavy atom. The first-order chi connectivity index (χ1) is 18.1. The Balaban J connectivity index is 1.34. The summed E-state index contributed by atoms with van der Waals surface area (Å²) in [5, 5.41) is 8.92. The van der Waals surface area contributed by atoms with Gasteiger partial charge >= 0.3 is 0 Å². The maximum atomic E-state index is 12.6. The highest BCUT2D eigenvalue weighted by Crippen LogP contribution is 2.33. The summed E-state index contributed by atoms with van der Waals surface area (Å²) in [6.45, 7) is 3.93. The SMILES string of the molecule is Cc1cc(OCC(=O)N[C@H](C)CCc2ccccc2)nc2c1c(-c1ccccc1)nn2-c1ccccc1. The van der Waals surface area contributed by atoms with E-state index in [1.54, 1.807) is 0 Å². The molecule has 3 aromatic carbocycles.